The van der Waals surface area contributed by atoms with Gasteiger partial charge in [-0.1, -0.05) is 26.0 Å². The molecule has 1 unspecified atom stereocenters. The summed E-state index contributed by atoms with van der Waals surface area (Å²) in [5.74, 6) is 1.15. The summed E-state index contributed by atoms with van der Waals surface area (Å²) in [4.78, 5) is 4.73. The Morgan fingerprint density at radius 1 is 1.39 bits per heavy atom. The van der Waals surface area contributed by atoms with Crippen molar-refractivity contribution in [2.24, 2.45) is 5.41 Å². The molecule has 0 amide bonds. The molecule has 1 fully saturated rings. The van der Waals surface area contributed by atoms with Gasteiger partial charge >= 0.3 is 0 Å². The predicted molar refractivity (Wildman–Crippen MR) is 74.4 cm³/mol. The number of aromatic nitrogens is 2. The van der Waals surface area contributed by atoms with Gasteiger partial charge < -0.3 is 9.88 Å². The molecule has 1 saturated carbocycles. The summed E-state index contributed by atoms with van der Waals surface area (Å²) in [6, 6.07) is 9.03. The minimum Gasteiger partial charge on any atom is -0.327 e. The fourth-order valence-electron chi connectivity index (χ4n) is 2.64. The molecule has 0 saturated heterocycles. The van der Waals surface area contributed by atoms with E-state index in [1.54, 1.807) is 0 Å². The maximum atomic E-state index is 4.73. The molecule has 1 aromatic carbocycles. The van der Waals surface area contributed by atoms with E-state index >= 15 is 0 Å². The number of aryl methyl sites for hydroxylation is 1. The molecular weight excluding hydrogens is 222 g/mol. The van der Waals surface area contributed by atoms with Gasteiger partial charge in [-0.2, -0.15) is 0 Å². The Morgan fingerprint density at radius 2 is 2.11 bits per heavy atom. The lowest BCUT2D eigenvalue weighted by molar-refractivity contribution is 0.526. The third-order valence-corrected chi connectivity index (χ3v) is 4.07. The topological polar surface area (TPSA) is 29.9 Å². The van der Waals surface area contributed by atoms with Crippen LogP contribution >= 0.6 is 0 Å². The molecule has 1 N–H and O–H groups in total. The van der Waals surface area contributed by atoms with Crippen LogP contribution in [-0.2, 0) is 13.1 Å². The molecule has 0 aliphatic heterocycles. The highest BCUT2D eigenvalue weighted by Crippen LogP contribution is 2.44. The van der Waals surface area contributed by atoms with Crippen LogP contribution in [0.4, 0.5) is 0 Å². The zero-order valence-corrected chi connectivity index (χ0v) is 11.4. The first-order valence-corrected chi connectivity index (χ1v) is 6.79. The number of nitrogens with one attached hydrogen (secondary N) is 1. The van der Waals surface area contributed by atoms with E-state index in [2.05, 4.69) is 54.9 Å². The molecule has 1 heterocycles. The van der Waals surface area contributed by atoms with Gasteiger partial charge in [-0.25, -0.2) is 4.98 Å². The Balaban J connectivity index is 1.83. The summed E-state index contributed by atoms with van der Waals surface area (Å²) in [6.45, 7) is 8.65. The van der Waals surface area contributed by atoms with Gasteiger partial charge in [0, 0.05) is 12.6 Å². The van der Waals surface area contributed by atoms with E-state index in [4.69, 9.17) is 4.98 Å². The number of imidazole rings is 1. The number of para-hydroxylation sites is 2. The molecule has 0 radical (unpaired) electrons. The van der Waals surface area contributed by atoms with E-state index < -0.39 is 0 Å². The zero-order chi connectivity index (χ0) is 12.8. The number of fused-ring (bicyclic) bond motifs is 1. The van der Waals surface area contributed by atoms with Gasteiger partial charge in [-0.3, -0.25) is 0 Å². The third kappa shape index (κ3) is 1.93. The number of nitrogens with zero attached hydrogens (tertiary/aromatic N) is 2. The van der Waals surface area contributed by atoms with Crippen LogP contribution in [0.25, 0.3) is 11.0 Å². The van der Waals surface area contributed by atoms with E-state index in [1.807, 2.05) is 0 Å². The summed E-state index contributed by atoms with van der Waals surface area (Å²) < 4.78 is 2.30. The van der Waals surface area contributed by atoms with Crippen molar-refractivity contribution in [1.29, 1.82) is 0 Å². The summed E-state index contributed by atoms with van der Waals surface area (Å²) in [5, 5.41) is 3.62. The normalized spacial score (nSPS) is 21.4. The Kier molecular flexibility index (Phi) is 2.67. The van der Waals surface area contributed by atoms with E-state index in [-0.39, 0.29) is 0 Å². The van der Waals surface area contributed by atoms with Crippen molar-refractivity contribution in [3.05, 3.63) is 30.1 Å². The molecular formula is C15H21N3. The first-order valence-electron chi connectivity index (χ1n) is 6.79. The second-order valence-electron chi connectivity index (χ2n) is 5.89. The minimum atomic E-state index is 0.475. The highest BCUT2D eigenvalue weighted by molar-refractivity contribution is 5.75. The minimum absolute atomic E-state index is 0.475. The molecule has 1 aliphatic rings. The highest BCUT2D eigenvalue weighted by Gasteiger charge is 2.45. The molecule has 18 heavy (non-hydrogen) atoms. The Labute approximate surface area is 108 Å². The number of hydrogen-bond donors (Lipinski definition) is 1. The first kappa shape index (κ1) is 11.7. The molecule has 3 nitrogen and oxygen atoms in total. The largest absolute Gasteiger partial charge is 0.327 e. The van der Waals surface area contributed by atoms with Gasteiger partial charge in [0.05, 0.1) is 17.6 Å². The third-order valence-electron chi connectivity index (χ3n) is 4.07. The Bertz CT molecular complexity index is 568. The van der Waals surface area contributed by atoms with Gasteiger partial charge in [0.25, 0.3) is 0 Å². The Morgan fingerprint density at radius 3 is 2.78 bits per heavy atom. The number of rotatable bonds is 4. The highest BCUT2D eigenvalue weighted by atomic mass is 15.1. The van der Waals surface area contributed by atoms with E-state index in [0.29, 0.717) is 11.5 Å². The van der Waals surface area contributed by atoms with Gasteiger partial charge in [0.1, 0.15) is 5.82 Å². The maximum Gasteiger partial charge on any atom is 0.123 e. The van der Waals surface area contributed by atoms with Crippen molar-refractivity contribution in [2.45, 2.75) is 46.3 Å². The average molecular weight is 243 g/mol. The fraction of sp³-hybridized carbons (Fsp3) is 0.533. The molecule has 0 bridgehead atoms. The Hall–Kier alpha value is -1.35. The van der Waals surface area contributed by atoms with Crippen LogP contribution in [0.3, 0.4) is 0 Å². The van der Waals surface area contributed by atoms with Crippen molar-refractivity contribution in [3.63, 3.8) is 0 Å². The zero-order valence-electron chi connectivity index (χ0n) is 11.4. The standard InChI is InChI=1S/C15H21N3/c1-4-18-12-8-6-5-7-11(12)17-14(18)10-16-13-9-15(13,2)3/h5-8,13,16H,4,9-10H2,1-3H3. The second kappa shape index (κ2) is 4.09. The lowest BCUT2D eigenvalue weighted by Gasteiger charge is -2.08. The van der Waals surface area contributed by atoms with E-state index in [0.717, 1.165) is 24.4 Å². The van der Waals surface area contributed by atoms with Crippen LogP contribution in [0.2, 0.25) is 0 Å². The molecule has 96 valence electrons. The molecule has 3 rings (SSSR count). The maximum absolute atomic E-state index is 4.73. The number of hydrogen-bond acceptors (Lipinski definition) is 2. The van der Waals surface area contributed by atoms with Gasteiger partial charge in [-0.05, 0) is 30.9 Å². The van der Waals surface area contributed by atoms with Crippen molar-refractivity contribution < 1.29 is 0 Å². The fourth-order valence-corrected chi connectivity index (χ4v) is 2.64. The number of benzene rings is 1. The quantitative estimate of drug-likeness (QED) is 0.894. The average Bonchev–Trinajstić information content (AvgIpc) is 2.83. The van der Waals surface area contributed by atoms with Crippen LogP contribution in [0.15, 0.2) is 24.3 Å². The van der Waals surface area contributed by atoms with Crippen LogP contribution < -0.4 is 5.32 Å². The smallest absolute Gasteiger partial charge is 0.123 e. The van der Waals surface area contributed by atoms with E-state index in [1.165, 1.54) is 11.9 Å². The molecule has 1 aromatic heterocycles. The first-order chi connectivity index (χ1) is 8.62. The SMILES string of the molecule is CCn1c(CNC2CC2(C)C)nc2ccccc21. The van der Waals surface area contributed by atoms with Crippen LogP contribution in [0.5, 0.6) is 0 Å². The van der Waals surface area contributed by atoms with Crippen LogP contribution in [0.1, 0.15) is 33.0 Å². The van der Waals surface area contributed by atoms with Gasteiger partial charge in [0.15, 0.2) is 0 Å². The van der Waals surface area contributed by atoms with Crippen molar-refractivity contribution in [3.8, 4) is 0 Å². The van der Waals surface area contributed by atoms with Crippen molar-refractivity contribution in [1.82, 2.24) is 14.9 Å². The lowest BCUT2D eigenvalue weighted by Crippen LogP contribution is -2.22. The molecule has 1 atom stereocenters. The van der Waals surface area contributed by atoms with Crippen LogP contribution in [0, 0.1) is 5.41 Å². The summed E-state index contributed by atoms with van der Waals surface area (Å²) >= 11 is 0. The van der Waals surface area contributed by atoms with Gasteiger partial charge in [-0.15, -0.1) is 0 Å². The lowest BCUT2D eigenvalue weighted by atomic mass is 10.2. The summed E-state index contributed by atoms with van der Waals surface area (Å²) in [5.41, 5.74) is 2.82. The van der Waals surface area contributed by atoms with Crippen molar-refractivity contribution >= 4 is 11.0 Å². The molecule has 2 aromatic rings. The van der Waals surface area contributed by atoms with Crippen LogP contribution in [-0.4, -0.2) is 15.6 Å². The van der Waals surface area contributed by atoms with Gasteiger partial charge in [0.2, 0.25) is 0 Å². The molecule has 3 heteroatoms. The monoisotopic (exact) mass is 243 g/mol. The van der Waals surface area contributed by atoms with E-state index in [9.17, 15) is 0 Å². The summed E-state index contributed by atoms with van der Waals surface area (Å²) in [6.07, 6.45) is 1.28. The molecule has 0 spiro atoms. The van der Waals surface area contributed by atoms with Crippen molar-refractivity contribution in [2.75, 3.05) is 0 Å². The molecule has 1 aliphatic carbocycles. The summed E-state index contributed by atoms with van der Waals surface area (Å²) in [7, 11) is 0. The second-order valence-corrected chi connectivity index (χ2v) is 5.89. The predicted octanol–water partition coefficient (Wildman–Crippen LogP) is 2.94.